The van der Waals surface area contributed by atoms with Crippen molar-refractivity contribution in [1.82, 2.24) is 0 Å². The monoisotopic (exact) mass is 459 g/mol. The Morgan fingerprint density at radius 2 is 2.00 bits per heavy atom. The number of hydrogen-bond donors (Lipinski definition) is 1. The quantitative estimate of drug-likeness (QED) is 0.535. The standard InChI is InChI=1S/C13H10Br2ClF2NOS/c1-6(11-2-7(14)5-21-11)19-10-4-8(16)3-9(15)12(10)20-13(17)18/h2-6,13,19H,1H3. The van der Waals surface area contributed by atoms with Crippen LogP contribution < -0.4 is 10.1 Å². The first-order chi connectivity index (χ1) is 9.86. The Hall–Kier alpha value is -0.370. The molecular weight excluding hydrogens is 451 g/mol. The largest absolute Gasteiger partial charge is 0.431 e. The minimum Gasteiger partial charge on any atom is -0.431 e. The number of alkyl halides is 2. The van der Waals surface area contributed by atoms with E-state index in [0.717, 1.165) is 9.35 Å². The molecule has 2 rings (SSSR count). The van der Waals surface area contributed by atoms with Crippen molar-refractivity contribution >= 4 is 60.5 Å². The molecule has 0 bridgehead atoms. The number of hydrogen-bond acceptors (Lipinski definition) is 3. The number of halogens is 5. The van der Waals surface area contributed by atoms with Crippen molar-refractivity contribution in [2.75, 3.05) is 5.32 Å². The molecule has 0 aliphatic heterocycles. The molecule has 1 aromatic carbocycles. The minimum absolute atomic E-state index is 0.0388. The van der Waals surface area contributed by atoms with Crippen molar-refractivity contribution < 1.29 is 13.5 Å². The molecule has 0 amide bonds. The molecule has 0 spiro atoms. The first-order valence-corrected chi connectivity index (χ1v) is 8.65. The van der Waals surface area contributed by atoms with E-state index in [1.54, 1.807) is 17.4 Å². The molecule has 1 heterocycles. The maximum Gasteiger partial charge on any atom is 0.387 e. The molecule has 0 saturated heterocycles. The van der Waals surface area contributed by atoms with Crippen LogP contribution in [0.4, 0.5) is 14.5 Å². The second kappa shape index (κ2) is 7.26. The average Bonchev–Trinajstić information content (AvgIpc) is 2.80. The van der Waals surface area contributed by atoms with Gasteiger partial charge < -0.3 is 10.1 Å². The molecule has 0 radical (unpaired) electrons. The van der Waals surface area contributed by atoms with Crippen molar-refractivity contribution in [3.8, 4) is 5.75 Å². The molecule has 21 heavy (non-hydrogen) atoms. The van der Waals surface area contributed by atoms with E-state index in [2.05, 4.69) is 41.9 Å². The van der Waals surface area contributed by atoms with Crippen molar-refractivity contribution in [3.05, 3.63) is 42.4 Å². The van der Waals surface area contributed by atoms with Crippen molar-refractivity contribution in [2.24, 2.45) is 0 Å². The normalized spacial score (nSPS) is 12.5. The summed E-state index contributed by atoms with van der Waals surface area (Å²) in [7, 11) is 0. The molecule has 114 valence electrons. The summed E-state index contributed by atoms with van der Waals surface area (Å²) in [5.74, 6) is 0.0388. The van der Waals surface area contributed by atoms with Crippen LogP contribution in [-0.2, 0) is 0 Å². The van der Waals surface area contributed by atoms with E-state index in [1.165, 1.54) is 6.07 Å². The van der Waals surface area contributed by atoms with Gasteiger partial charge in [-0.05, 0) is 57.0 Å². The summed E-state index contributed by atoms with van der Waals surface area (Å²) < 4.78 is 31.0. The molecule has 2 nitrogen and oxygen atoms in total. The minimum atomic E-state index is -2.91. The first kappa shape index (κ1) is 17.0. The Balaban J connectivity index is 2.29. The van der Waals surface area contributed by atoms with Gasteiger partial charge in [0.2, 0.25) is 0 Å². The van der Waals surface area contributed by atoms with E-state index < -0.39 is 6.61 Å². The van der Waals surface area contributed by atoms with E-state index in [4.69, 9.17) is 11.6 Å². The third-order valence-corrected chi connectivity index (χ3v) is 5.29. The fourth-order valence-electron chi connectivity index (χ4n) is 1.74. The number of anilines is 1. The average molecular weight is 462 g/mol. The van der Waals surface area contributed by atoms with Gasteiger partial charge in [0.05, 0.1) is 16.2 Å². The fourth-order valence-corrected chi connectivity index (χ4v) is 4.09. The molecule has 0 saturated carbocycles. The van der Waals surface area contributed by atoms with Crippen LogP contribution in [0.15, 0.2) is 32.5 Å². The fraction of sp³-hybridized carbons (Fsp3) is 0.231. The maximum atomic E-state index is 12.5. The summed E-state index contributed by atoms with van der Waals surface area (Å²) >= 11 is 14.1. The van der Waals surface area contributed by atoms with Gasteiger partial charge >= 0.3 is 6.61 Å². The molecule has 1 atom stereocenters. The molecule has 2 aromatic rings. The number of nitrogens with one attached hydrogen (secondary N) is 1. The second-order valence-corrected chi connectivity index (χ2v) is 7.33. The molecule has 0 fully saturated rings. The Bertz CT molecular complexity index is 639. The number of thiophene rings is 1. The summed E-state index contributed by atoms with van der Waals surface area (Å²) in [6, 6.07) is 4.96. The Morgan fingerprint density at radius 3 is 2.57 bits per heavy atom. The van der Waals surface area contributed by atoms with Crippen molar-refractivity contribution in [3.63, 3.8) is 0 Å². The van der Waals surface area contributed by atoms with Gasteiger partial charge in [-0.3, -0.25) is 0 Å². The van der Waals surface area contributed by atoms with Gasteiger partial charge in [-0.2, -0.15) is 8.78 Å². The van der Waals surface area contributed by atoms with Gasteiger partial charge in [0, 0.05) is 19.8 Å². The van der Waals surface area contributed by atoms with E-state index in [-0.39, 0.29) is 11.8 Å². The van der Waals surface area contributed by atoms with Crippen LogP contribution in [0.1, 0.15) is 17.8 Å². The lowest BCUT2D eigenvalue weighted by Crippen LogP contribution is -2.09. The van der Waals surface area contributed by atoms with E-state index in [0.29, 0.717) is 15.2 Å². The highest BCUT2D eigenvalue weighted by atomic mass is 79.9. The third-order valence-electron chi connectivity index (χ3n) is 2.60. The zero-order valence-electron chi connectivity index (χ0n) is 10.7. The van der Waals surface area contributed by atoms with Crippen LogP contribution in [0.5, 0.6) is 5.75 Å². The van der Waals surface area contributed by atoms with Gasteiger partial charge in [0.1, 0.15) is 0 Å². The van der Waals surface area contributed by atoms with Crippen LogP contribution in [0.3, 0.4) is 0 Å². The third kappa shape index (κ3) is 4.55. The number of benzene rings is 1. The molecule has 8 heteroatoms. The lowest BCUT2D eigenvalue weighted by atomic mass is 10.2. The van der Waals surface area contributed by atoms with Crippen LogP contribution in [0.2, 0.25) is 5.02 Å². The lowest BCUT2D eigenvalue weighted by molar-refractivity contribution is -0.0498. The van der Waals surface area contributed by atoms with Gasteiger partial charge in [-0.15, -0.1) is 11.3 Å². The summed E-state index contributed by atoms with van der Waals surface area (Å²) in [6.07, 6.45) is 0. The maximum absolute atomic E-state index is 12.5. The van der Waals surface area contributed by atoms with Crippen LogP contribution in [-0.4, -0.2) is 6.61 Å². The van der Waals surface area contributed by atoms with Gasteiger partial charge in [0.25, 0.3) is 0 Å². The van der Waals surface area contributed by atoms with Gasteiger partial charge in [-0.25, -0.2) is 0 Å². The van der Waals surface area contributed by atoms with Gasteiger partial charge in [0.15, 0.2) is 5.75 Å². The van der Waals surface area contributed by atoms with Crippen LogP contribution in [0, 0.1) is 0 Å². The van der Waals surface area contributed by atoms with Crippen LogP contribution in [0.25, 0.3) is 0 Å². The SMILES string of the molecule is CC(Nc1cc(Cl)cc(Br)c1OC(F)F)c1cc(Br)cs1. The number of rotatable bonds is 5. The van der Waals surface area contributed by atoms with E-state index in [9.17, 15) is 8.78 Å². The van der Waals surface area contributed by atoms with Crippen LogP contribution >= 0.6 is 54.8 Å². The Labute approximate surface area is 146 Å². The summed E-state index contributed by atoms with van der Waals surface area (Å²) in [5, 5.41) is 5.52. The number of ether oxygens (including phenoxy) is 1. The summed E-state index contributed by atoms with van der Waals surface area (Å²) in [5.41, 5.74) is 0.409. The van der Waals surface area contributed by atoms with E-state index in [1.807, 2.05) is 18.4 Å². The lowest BCUT2D eigenvalue weighted by Gasteiger charge is -2.18. The Morgan fingerprint density at radius 1 is 1.29 bits per heavy atom. The molecule has 1 aromatic heterocycles. The van der Waals surface area contributed by atoms with Gasteiger partial charge in [-0.1, -0.05) is 11.6 Å². The van der Waals surface area contributed by atoms with Crippen molar-refractivity contribution in [2.45, 2.75) is 19.6 Å². The highest BCUT2D eigenvalue weighted by Crippen LogP contribution is 2.39. The highest BCUT2D eigenvalue weighted by Gasteiger charge is 2.17. The van der Waals surface area contributed by atoms with Crippen molar-refractivity contribution in [1.29, 1.82) is 0 Å². The molecule has 0 aliphatic rings. The molecule has 1 N–H and O–H groups in total. The van der Waals surface area contributed by atoms with E-state index >= 15 is 0 Å². The topological polar surface area (TPSA) is 21.3 Å². The highest BCUT2D eigenvalue weighted by molar-refractivity contribution is 9.10. The zero-order chi connectivity index (χ0) is 15.6. The second-order valence-electron chi connectivity index (χ2n) is 4.18. The predicted molar refractivity (Wildman–Crippen MR) is 89.8 cm³/mol. The Kier molecular flexibility index (Phi) is 5.88. The summed E-state index contributed by atoms with van der Waals surface area (Å²) in [6.45, 7) is -0.978. The molecule has 0 aliphatic carbocycles. The predicted octanol–water partition coefficient (Wildman–Crippen LogP) is 6.70. The molecule has 1 unspecified atom stereocenters. The molecular formula is C13H10Br2ClF2NOS. The summed E-state index contributed by atoms with van der Waals surface area (Å²) in [4.78, 5) is 1.06. The first-order valence-electron chi connectivity index (χ1n) is 5.81. The smallest absolute Gasteiger partial charge is 0.387 e. The zero-order valence-corrected chi connectivity index (χ0v) is 15.4.